The molecule has 0 aromatic carbocycles. The minimum atomic E-state index is 0.410. The van der Waals surface area contributed by atoms with Gasteiger partial charge in [0.15, 0.2) is 0 Å². The molecular weight excluding hydrogens is 246 g/mol. The lowest BCUT2D eigenvalue weighted by Crippen LogP contribution is -2.48. The summed E-state index contributed by atoms with van der Waals surface area (Å²) in [6, 6.07) is 0.782. The van der Waals surface area contributed by atoms with E-state index in [9.17, 15) is 0 Å². The van der Waals surface area contributed by atoms with Crippen molar-refractivity contribution in [1.29, 1.82) is 0 Å². The van der Waals surface area contributed by atoms with Crippen molar-refractivity contribution in [2.75, 3.05) is 39.8 Å². The lowest BCUT2D eigenvalue weighted by Gasteiger charge is -2.42. The van der Waals surface area contributed by atoms with Crippen LogP contribution in [0.1, 0.15) is 58.3 Å². The van der Waals surface area contributed by atoms with E-state index in [0.29, 0.717) is 5.41 Å². The van der Waals surface area contributed by atoms with E-state index in [2.05, 4.69) is 23.8 Å². The van der Waals surface area contributed by atoms with Crippen molar-refractivity contribution in [3.8, 4) is 0 Å². The standard InChI is InChI=1S/C17H35N3/c1-3-20-12-8-16(9-13-20)19(2)15-17(14-18)10-6-4-5-7-11-17/h16H,3-15,18H2,1-2H3. The Kier molecular flexibility index (Phi) is 6.31. The highest BCUT2D eigenvalue weighted by molar-refractivity contribution is 4.88. The van der Waals surface area contributed by atoms with E-state index in [1.54, 1.807) is 0 Å². The van der Waals surface area contributed by atoms with Crippen LogP contribution in [0.5, 0.6) is 0 Å². The first-order valence-corrected chi connectivity index (χ1v) is 8.82. The minimum absolute atomic E-state index is 0.410. The fraction of sp³-hybridized carbons (Fsp3) is 1.00. The Hall–Kier alpha value is -0.120. The lowest BCUT2D eigenvalue weighted by atomic mass is 9.79. The van der Waals surface area contributed by atoms with Crippen LogP contribution in [-0.4, -0.2) is 55.6 Å². The van der Waals surface area contributed by atoms with Gasteiger partial charge in [0.2, 0.25) is 0 Å². The van der Waals surface area contributed by atoms with Crippen molar-refractivity contribution in [2.45, 2.75) is 64.3 Å². The molecule has 0 aromatic rings. The Morgan fingerprint density at radius 3 is 2.20 bits per heavy atom. The predicted molar refractivity (Wildman–Crippen MR) is 87.0 cm³/mol. The van der Waals surface area contributed by atoms with E-state index in [1.807, 2.05) is 0 Å². The monoisotopic (exact) mass is 281 g/mol. The van der Waals surface area contributed by atoms with E-state index in [4.69, 9.17) is 5.73 Å². The van der Waals surface area contributed by atoms with Crippen LogP contribution in [-0.2, 0) is 0 Å². The summed E-state index contributed by atoms with van der Waals surface area (Å²) in [6.07, 6.45) is 11.0. The molecule has 20 heavy (non-hydrogen) atoms. The summed E-state index contributed by atoms with van der Waals surface area (Å²) in [4.78, 5) is 5.22. The number of hydrogen-bond acceptors (Lipinski definition) is 3. The molecule has 1 heterocycles. The van der Waals surface area contributed by atoms with Crippen LogP contribution in [0.4, 0.5) is 0 Å². The van der Waals surface area contributed by atoms with E-state index >= 15 is 0 Å². The molecular formula is C17H35N3. The van der Waals surface area contributed by atoms with Gasteiger partial charge in [0.05, 0.1) is 0 Å². The molecule has 0 radical (unpaired) electrons. The second-order valence-electron chi connectivity index (χ2n) is 7.20. The largest absolute Gasteiger partial charge is 0.330 e. The highest BCUT2D eigenvalue weighted by Crippen LogP contribution is 2.35. The van der Waals surface area contributed by atoms with Gasteiger partial charge < -0.3 is 15.5 Å². The third-order valence-corrected chi connectivity index (χ3v) is 5.81. The van der Waals surface area contributed by atoms with E-state index < -0.39 is 0 Å². The third kappa shape index (κ3) is 4.19. The maximum absolute atomic E-state index is 6.19. The van der Waals surface area contributed by atoms with Gasteiger partial charge in [-0.25, -0.2) is 0 Å². The Bertz CT molecular complexity index is 263. The molecule has 2 N–H and O–H groups in total. The molecule has 1 saturated heterocycles. The number of piperidine rings is 1. The predicted octanol–water partition coefficient (Wildman–Crippen LogP) is 2.70. The molecule has 3 nitrogen and oxygen atoms in total. The number of rotatable bonds is 5. The topological polar surface area (TPSA) is 32.5 Å². The second kappa shape index (κ2) is 7.77. The average Bonchev–Trinajstić information content (AvgIpc) is 2.73. The molecule has 0 unspecified atom stereocenters. The van der Waals surface area contributed by atoms with Gasteiger partial charge in [-0.05, 0) is 64.3 Å². The van der Waals surface area contributed by atoms with Gasteiger partial charge in [-0.15, -0.1) is 0 Å². The SMILES string of the molecule is CCN1CCC(N(C)CC2(CN)CCCCCC2)CC1. The zero-order valence-corrected chi connectivity index (χ0v) is 13.7. The molecule has 1 saturated carbocycles. The average molecular weight is 281 g/mol. The summed E-state index contributed by atoms with van der Waals surface area (Å²) in [6.45, 7) is 8.15. The van der Waals surface area contributed by atoms with Gasteiger partial charge in [0, 0.05) is 12.6 Å². The van der Waals surface area contributed by atoms with Crippen LogP contribution in [0.25, 0.3) is 0 Å². The maximum Gasteiger partial charge on any atom is 0.0117 e. The van der Waals surface area contributed by atoms with Crippen LogP contribution in [0.2, 0.25) is 0 Å². The van der Waals surface area contributed by atoms with Crippen molar-refractivity contribution in [1.82, 2.24) is 9.80 Å². The number of hydrogen-bond donors (Lipinski definition) is 1. The Morgan fingerprint density at radius 1 is 1.10 bits per heavy atom. The molecule has 3 heteroatoms. The number of likely N-dealkylation sites (tertiary alicyclic amines) is 1. The van der Waals surface area contributed by atoms with E-state index in [-0.39, 0.29) is 0 Å². The minimum Gasteiger partial charge on any atom is -0.330 e. The third-order valence-electron chi connectivity index (χ3n) is 5.81. The smallest absolute Gasteiger partial charge is 0.0117 e. The molecule has 0 spiro atoms. The van der Waals surface area contributed by atoms with Crippen LogP contribution in [0.15, 0.2) is 0 Å². The molecule has 0 bridgehead atoms. The summed E-state index contributed by atoms with van der Waals surface area (Å²) < 4.78 is 0. The van der Waals surface area contributed by atoms with Gasteiger partial charge >= 0.3 is 0 Å². The molecule has 118 valence electrons. The van der Waals surface area contributed by atoms with Crippen molar-refractivity contribution < 1.29 is 0 Å². The molecule has 2 aliphatic rings. The van der Waals surface area contributed by atoms with Crippen LogP contribution in [0.3, 0.4) is 0 Å². The first-order chi connectivity index (χ1) is 9.69. The summed E-state index contributed by atoms with van der Waals surface area (Å²) in [5, 5.41) is 0. The van der Waals surface area contributed by atoms with Crippen LogP contribution >= 0.6 is 0 Å². The molecule has 1 aliphatic heterocycles. The van der Waals surface area contributed by atoms with Crippen LogP contribution in [0, 0.1) is 5.41 Å². The van der Waals surface area contributed by atoms with Gasteiger partial charge in [-0.3, -0.25) is 0 Å². The molecule has 0 amide bonds. The number of nitrogens with zero attached hydrogens (tertiary/aromatic N) is 2. The summed E-state index contributed by atoms with van der Waals surface area (Å²) in [7, 11) is 2.34. The molecule has 0 aromatic heterocycles. The van der Waals surface area contributed by atoms with Crippen molar-refractivity contribution in [2.24, 2.45) is 11.1 Å². The van der Waals surface area contributed by atoms with E-state index in [0.717, 1.165) is 12.6 Å². The Balaban J connectivity index is 1.87. The summed E-state index contributed by atoms with van der Waals surface area (Å²) in [5.74, 6) is 0. The first-order valence-electron chi connectivity index (χ1n) is 8.82. The lowest BCUT2D eigenvalue weighted by molar-refractivity contribution is 0.0815. The second-order valence-corrected chi connectivity index (χ2v) is 7.20. The normalized spacial score (nSPS) is 25.8. The number of nitrogens with two attached hydrogens (primary N) is 1. The summed E-state index contributed by atoms with van der Waals surface area (Å²) >= 11 is 0. The highest BCUT2D eigenvalue weighted by atomic mass is 15.2. The maximum atomic E-state index is 6.19. The zero-order chi connectivity index (χ0) is 14.4. The van der Waals surface area contributed by atoms with Gasteiger partial charge in [-0.2, -0.15) is 0 Å². The van der Waals surface area contributed by atoms with Gasteiger partial charge in [0.1, 0.15) is 0 Å². The van der Waals surface area contributed by atoms with Crippen molar-refractivity contribution in [3.05, 3.63) is 0 Å². The first kappa shape index (κ1) is 16.3. The Morgan fingerprint density at radius 2 is 1.70 bits per heavy atom. The molecule has 2 rings (SSSR count). The fourth-order valence-electron chi connectivity index (χ4n) is 4.24. The van der Waals surface area contributed by atoms with E-state index in [1.165, 1.54) is 77.5 Å². The van der Waals surface area contributed by atoms with Crippen molar-refractivity contribution in [3.63, 3.8) is 0 Å². The van der Waals surface area contributed by atoms with Gasteiger partial charge in [-0.1, -0.05) is 32.6 Å². The summed E-state index contributed by atoms with van der Waals surface area (Å²) in [5.41, 5.74) is 6.60. The zero-order valence-electron chi connectivity index (χ0n) is 13.7. The van der Waals surface area contributed by atoms with Gasteiger partial charge in [0.25, 0.3) is 0 Å². The quantitative estimate of drug-likeness (QED) is 0.787. The highest BCUT2D eigenvalue weighted by Gasteiger charge is 2.33. The van der Waals surface area contributed by atoms with Crippen molar-refractivity contribution >= 4 is 0 Å². The molecule has 2 fully saturated rings. The molecule has 1 aliphatic carbocycles. The molecule has 0 atom stereocenters. The Labute approximate surface area is 125 Å². The fourth-order valence-corrected chi connectivity index (χ4v) is 4.24. The van der Waals surface area contributed by atoms with Crippen LogP contribution < -0.4 is 5.73 Å².